The molecule has 0 radical (unpaired) electrons. The van der Waals surface area contributed by atoms with Crippen LogP contribution in [0.3, 0.4) is 0 Å². The molecule has 106 valence electrons. The summed E-state index contributed by atoms with van der Waals surface area (Å²) in [5, 5.41) is 3.54. The number of nitrogens with one attached hydrogen (secondary N) is 1. The highest BCUT2D eigenvalue weighted by Gasteiger charge is 2.18. The van der Waals surface area contributed by atoms with Gasteiger partial charge in [0.25, 0.3) is 0 Å². The van der Waals surface area contributed by atoms with E-state index in [9.17, 15) is 0 Å². The zero-order valence-corrected chi connectivity index (χ0v) is 12.5. The Morgan fingerprint density at radius 2 is 1.84 bits per heavy atom. The lowest BCUT2D eigenvalue weighted by molar-refractivity contribution is -0.00893. The average molecular weight is 261 g/mol. The maximum absolute atomic E-state index is 5.93. The third-order valence-electron chi connectivity index (χ3n) is 3.69. The number of hydrogen-bond donors (Lipinski definition) is 1. The Bertz CT molecular complexity index is 390. The van der Waals surface area contributed by atoms with Crippen molar-refractivity contribution >= 4 is 0 Å². The topological polar surface area (TPSA) is 21.3 Å². The van der Waals surface area contributed by atoms with Crippen LogP contribution in [0.15, 0.2) is 24.3 Å². The Balaban J connectivity index is 1.84. The molecule has 0 aliphatic heterocycles. The third kappa shape index (κ3) is 4.96. The third-order valence-corrected chi connectivity index (χ3v) is 3.69. The largest absolute Gasteiger partial charge is 0.374 e. The van der Waals surface area contributed by atoms with Crippen molar-refractivity contribution in [2.45, 2.75) is 64.7 Å². The van der Waals surface area contributed by atoms with E-state index < -0.39 is 0 Å². The molecule has 0 saturated heterocycles. The summed E-state index contributed by atoms with van der Waals surface area (Å²) in [6.45, 7) is 8.41. The summed E-state index contributed by atoms with van der Waals surface area (Å²) in [6.07, 6.45) is 5.41. The summed E-state index contributed by atoms with van der Waals surface area (Å²) >= 11 is 0. The summed E-state index contributed by atoms with van der Waals surface area (Å²) in [6, 6.07) is 8.66. The van der Waals surface area contributed by atoms with Gasteiger partial charge in [-0.15, -0.1) is 0 Å². The molecule has 1 aromatic rings. The van der Waals surface area contributed by atoms with Crippen molar-refractivity contribution in [3.05, 3.63) is 35.4 Å². The van der Waals surface area contributed by atoms with Crippen LogP contribution in [0.1, 0.15) is 51.2 Å². The molecule has 19 heavy (non-hydrogen) atoms. The lowest BCUT2D eigenvalue weighted by Crippen LogP contribution is -2.37. The minimum absolute atomic E-state index is 0.192. The molecule has 0 amide bonds. The van der Waals surface area contributed by atoms with Crippen LogP contribution in [0.25, 0.3) is 0 Å². The Hall–Kier alpha value is -0.860. The van der Waals surface area contributed by atoms with E-state index in [1.54, 1.807) is 0 Å². The molecule has 0 bridgehead atoms. The summed E-state index contributed by atoms with van der Waals surface area (Å²) in [4.78, 5) is 0. The van der Waals surface area contributed by atoms with Crippen molar-refractivity contribution in [1.82, 2.24) is 5.32 Å². The van der Waals surface area contributed by atoms with Gasteiger partial charge in [0.15, 0.2) is 0 Å². The summed E-state index contributed by atoms with van der Waals surface area (Å²) in [5.74, 6) is 0. The van der Waals surface area contributed by atoms with Gasteiger partial charge in [0, 0.05) is 5.54 Å². The van der Waals surface area contributed by atoms with E-state index in [0.29, 0.717) is 6.10 Å². The van der Waals surface area contributed by atoms with E-state index in [4.69, 9.17) is 4.74 Å². The second kappa shape index (κ2) is 6.53. The Morgan fingerprint density at radius 1 is 1.16 bits per heavy atom. The quantitative estimate of drug-likeness (QED) is 0.843. The van der Waals surface area contributed by atoms with Crippen LogP contribution in [0.2, 0.25) is 0 Å². The van der Waals surface area contributed by atoms with Gasteiger partial charge in [-0.05, 0) is 64.1 Å². The highest BCUT2D eigenvalue weighted by atomic mass is 16.5. The second-order valence-electron chi connectivity index (χ2n) is 6.56. The fourth-order valence-electron chi connectivity index (χ4n) is 2.26. The zero-order valence-electron chi connectivity index (χ0n) is 12.5. The molecule has 0 heterocycles. The molecule has 2 rings (SSSR count). The molecule has 1 aliphatic carbocycles. The van der Waals surface area contributed by atoms with Crippen LogP contribution in [0, 0.1) is 0 Å². The lowest BCUT2D eigenvalue weighted by atomic mass is 9.96. The monoisotopic (exact) mass is 261 g/mol. The van der Waals surface area contributed by atoms with E-state index in [2.05, 4.69) is 50.4 Å². The van der Waals surface area contributed by atoms with Crippen LogP contribution in [0.5, 0.6) is 0 Å². The number of rotatable bonds is 6. The van der Waals surface area contributed by atoms with Crippen LogP contribution in [-0.2, 0) is 17.8 Å². The molecule has 0 spiro atoms. The van der Waals surface area contributed by atoms with Gasteiger partial charge >= 0.3 is 0 Å². The highest BCUT2D eigenvalue weighted by molar-refractivity contribution is 5.26. The maximum Gasteiger partial charge on any atom is 0.0723 e. The normalized spacial score (nSPS) is 16.4. The molecule has 1 aromatic carbocycles. The number of ether oxygens (including phenoxy) is 1. The Kier molecular flexibility index (Phi) is 5.00. The van der Waals surface area contributed by atoms with Gasteiger partial charge in [-0.2, -0.15) is 0 Å². The van der Waals surface area contributed by atoms with E-state index in [0.717, 1.165) is 19.6 Å². The van der Waals surface area contributed by atoms with Crippen molar-refractivity contribution in [3.8, 4) is 0 Å². The molecular weight excluding hydrogens is 234 g/mol. The summed E-state index contributed by atoms with van der Waals surface area (Å²) in [5.41, 5.74) is 2.96. The van der Waals surface area contributed by atoms with E-state index >= 15 is 0 Å². The van der Waals surface area contributed by atoms with Crippen molar-refractivity contribution in [1.29, 1.82) is 0 Å². The molecule has 1 fully saturated rings. The Labute approximate surface area is 117 Å². The minimum Gasteiger partial charge on any atom is -0.374 e. The SMILES string of the molecule is CC(C)(C)NCCc1ccccc1COC1CCC1. The summed E-state index contributed by atoms with van der Waals surface area (Å²) in [7, 11) is 0. The molecule has 1 N–H and O–H groups in total. The van der Waals surface area contributed by atoms with Gasteiger partial charge in [0.2, 0.25) is 0 Å². The first-order valence-electron chi connectivity index (χ1n) is 7.48. The predicted molar refractivity (Wildman–Crippen MR) is 80.3 cm³/mol. The second-order valence-corrected chi connectivity index (χ2v) is 6.56. The van der Waals surface area contributed by atoms with Crippen molar-refractivity contribution in [2.24, 2.45) is 0 Å². The highest BCUT2D eigenvalue weighted by Crippen LogP contribution is 2.23. The first-order chi connectivity index (χ1) is 9.04. The van der Waals surface area contributed by atoms with Gasteiger partial charge < -0.3 is 10.1 Å². The number of hydrogen-bond acceptors (Lipinski definition) is 2. The first-order valence-corrected chi connectivity index (χ1v) is 7.48. The van der Waals surface area contributed by atoms with Gasteiger partial charge in [0.1, 0.15) is 0 Å². The van der Waals surface area contributed by atoms with Crippen LogP contribution >= 0.6 is 0 Å². The van der Waals surface area contributed by atoms with Crippen LogP contribution < -0.4 is 5.32 Å². The van der Waals surface area contributed by atoms with Crippen molar-refractivity contribution < 1.29 is 4.74 Å². The standard InChI is InChI=1S/C17H27NO/c1-17(2,3)18-12-11-14-7-4-5-8-15(14)13-19-16-9-6-10-16/h4-5,7-8,16,18H,6,9-13H2,1-3H3. The van der Waals surface area contributed by atoms with E-state index in [-0.39, 0.29) is 5.54 Å². The van der Waals surface area contributed by atoms with Gasteiger partial charge in [0.05, 0.1) is 12.7 Å². The van der Waals surface area contributed by atoms with Gasteiger partial charge in [-0.25, -0.2) is 0 Å². The smallest absolute Gasteiger partial charge is 0.0723 e. The fraction of sp³-hybridized carbons (Fsp3) is 0.647. The molecule has 2 heteroatoms. The average Bonchev–Trinajstić information content (AvgIpc) is 2.27. The molecule has 1 saturated carbocycles. The van der Waals surface area contributed by atoms with Crippen LogP contribution in [0.4, 0.5) is 0 Å². The van der Waals surface area contributed by atoms with Crippen LogP contribution in [-0.4, -0.2) is 18.2 Å². The minimum atomic E-state index is 0.192. The summed E-state index contributed by atoms with van der Waals surface area (Å²) < 4.78 is 5.93. The fourth-order valence-corrected chi connectivity index (χ4v) is 2.26. The zero-order chi connectivity index (χ0) is 13.7. The lowest BCUT2D eigenvalue weighted by Gasteiger charge is -2.26. The molecular formula is C17H27NO. The molecule has 1 aliphatic rings. The first kappa shape index (κ1) is 14.5. The number of benzene rings is 1. The maximum atomic E-state index is 5.93. The van der Waals surface area contributed by atoms with Gasteiger partial charge in [-0.1, -0.05) is 24.3 Å². The van der Waals surface area contributed by atoms with E-state index in [1.165, 1.54) is 30.4 Å². The van der Waals surface area contributed by atoms with Crippen molar-refractivity contribution in [3.63, 3.8) is 0 Å². The van der Waals surface area contributed by atoms with E-state index in [1.807, 2.05) is 0 Å². The molecule has 0 unspecified atom stereocenters. The predicted octanol–water partition coefficient (Wildman–Crippen LogP) is 3.69. The molecule has 0 aromatic heterocycles. The Morgan fingerprint density at radius 3 is 2.42 bits per heavy atom. The molecule has 2 nitrogen and oxygen atoms in total. The molecule has 0 atom stereocenters. The van der Waals surface area contributed by atoms with Crippen molar-refractivity contribution in [2.75, 3.05) is 6.54 Å². The van der Waals surface area contributed by atoms with Gasteiger partial charge in [-0.3, -0.25) is 0 Å².